The van der Waals surface area contributed by atoms with E-state index in [4.69, 9.17) is 0 Å². The second kappa shape index (κ2) is 7.25. The van der Waals surface area contributed by atoms with Crippen LogP contribution in [0, 0.1) is 0 Å². The summed E-state index contributed by atoms with van der Waals surface area (Å²) in [6, 6.07) is 11.6. The maximum Gasteiger partial charge on any atom is 0.272 e. The Hall–Kier alpha value is -2.74. The van der Waals surface area contributed by atoms with Crippen molar-refractivity contribution in [3.63, 3.8) is 0 Å². The van der Waals surface area contributed by atoms with Gasteiger partial charge in [0.15, 0.2) is 9.84 Å². The van der Waals surface area contributed by atoms with Crippen molar-refractivity contribution in [3.8, 4) is 0 Å². The van der Waals surface area contributed by atoms with Gasteiger partial charge >= 0.3 is 0 Å². The second-order valence-electron chi connectivity index (χ2n) is 6.22. The first kappa shape index (κ1) is 18.1. The Morgan fingerprint density at radius 1 is 1.19 bits per heavy atom. The van der Waals surface area contributed by atoms with Gasteiger partial charge in [-0.25, -0.2) is 8.42 Å². The Balaban J connectivity index is 1.74. The number of nitrogens with zero attached hydrogens (tertiary/aromatic N) is 2. The molecule has 3 rings (SSSR count). The van der Waals surface area contributed by atoms with Gasteiger partial charge in [0.25, 0.3) is 11.8 Å². The van der Waals surface area contributed by atoms with Crippen molar-refractivity contribution in [3.05, 3.63) is 59.9 Å². The highest BCUT2D eigenvalue weighted by atomic mass is 32.2. The van der Waals surface area contributed by atoms with E-state index in [0.717, 1.165) is 0 Å². The van der Waals surface area contributed by atoms with Gasteiger partial charge in [0.05, 0.1) is 11.5 Å². The molecule has 1 saturated heterocycles. The highest BCUT2D eigenvalue weighted by molar-refractivity contribution is 7.91. The number of hydrogen-bond donors (Lipinski definition) is 1. The molecule has 1 atom stereocenters. The van der Waals surface area contributed by atoms with Crippen LogP contribution in [0.4, 0.5) is 5.69 Å². The molecule has 0 saturated carbocycles. The summed E-state index contributed by atoms with van der Waals surface area (Å²) in [6.45, 7) is 0. The highest BCUT2D eigenvalue weighted by Crippen LogP contribution is 2.18. The summed E-state index contributed by atoms with van der Waals surface area (Å²) in [5.74, 6) is -0.703. The topological polar surface area (TPSA) is 96.4 Å². The molecule has 1 aromatic heterocycles. The number of carbonyl (C=O) groups is 2. The molecule has 0 spiro atoms. The fraction of sp³-hybridized carbons (Fsp3) is 0.278. The van der Waals surface area contributed by atoms with E-state index in [2.05, 4.69) is 10.3 Å². The van der Waals surface area contributed by atoms with E-state index in [1.54, 1.807) is 19.2 Å². The average molecular weight is 373 g/mol. The lowest BCUT2D eigenvalue weighted by Crippen LogP contribution is -2.38. The molecular weight excluding hydrogens is 354 g/mol. The van der Waals surface area contributed by atoms with Crippen molar-refractivity contribution in [2.24, 2.45) is 0 Å². The van der Waals surface area contributed by atoms with Gasteiger partial charge < -0.3 is 10.2 Å². The lowest BCUT2D eigenvalue weighted by molar-refractivity contribution is 0.0742. The van der Waals surface area contributed by atoms with E-state index < -0.39 is 15.7 Å². The third-order valence-electron chi connectivity index (χ3n) is 4.35. The first-order valence-electron chi connectivity index (χ1n) is 8.16. The van der Waals surface area contributed by atoms with Crippen LogP contribution in [0.5, 0.6) is 0 Å². The van der Waals surface area contributed by atoms with Crippen LogP contribution in [-0.2, 0) is 9.84 Å². The maximum atomic E-state index is 12.6. The molecule has 2 aromatic rings. The molecule has 2 amide bonds. The number of pyridine rings is 1. The minimum atomic E-state index is -3.09. The van der Waals surface area contributed by atoms with E-state index in [-0.39, 0.29) is 29.1 Å². The van der Waals surface area contributed by atoms with Crippen molar-refractivity contribution in [1.29, 1.82) is 0 Å². The Kier molecular flexibility index (Phi) is 5.03. The minimum absolute atomic E-state index is 0.0383. The summed E-state index contributed by atoms with van der Waals surface area (Å²) in [7, 11) is -1.53. The predicted octanol–water partition coefficient (Wildman–Crippen LogP) is 1.59. The molecule has 1 aliphatic rings. The Bertz CT molecular complexity index is 928. The normalized spacial score (nSPS) is 18.3. The van der Waals surface area contributed by atoms with Crippen LogP contribution in [-0.4, -0.2) is 54.7 Å². The maximum absolute atomic E-state index is 12.6. The standard InChI is InChI=1S/C18H19N3O4S/c1-21(15-8-10-26(24,25)12-15)18(23)16-11-13(7-9-19-16)17(22)20-14-5-3-2-4-6-14/h2-7,9,11,15H,8,10,12H2,1H3,(H,20,22). The third kappa shape index (κ3) is 4.08. The van der Waals surface area contributed by atoms with Gasteiger partial charge in [-0.1, -0.05) is 18.2 Å². The van der Waals surface area contributed by atoms with Crippen LogP contribution in [0.25, 0.3) is 0 Å². The highest BCUT2D eigenvalue weighted by Gasteiger charge is 2.33. The van der Waals surface area contributed by atoms with Crippen LogP contribution in [0.1, 0.15) is 27.3 Å². The molecule has 26 heavy (non-hydrogen) atoms. The third-order valence-corrected chi connectivity index (χ3v) is 6.10. The number of benzene rings is 1. The van der Waals surface area contributed by atoms with Crippen LogP contribution in [0.3, 0.4) is 0 Å². The van der Waals surface area contributed by atoms with E-state index in [1.165, 1.54) is 23.2 Å². The van der Waals surface area contributed by atoms with Crippen molar-refractivity contribution in [2.75, 3.05) is 23.9 Å². The number of para-hydroxylation sites is 1. The molecule has 1 unspecified atom stereocenters. The Morgan fingerprint density at radius 2 is 1.92 bits per heavy atom. The molecular formula is C18H19N3O4S. The van der Waals surface area contributed by atoms with Gasteiger partial charge in [0, 0.05) is 30.5 Å². The minimum Gasteiger partial charge on any atom is -0.336 e. The van der Waals surface area contributed by atoms with Gasteiger partial charge in [0.2, 0.25) is 0 Å². The molecule has 7 nitrogen and oxygen atoms in total. The second-order valence-corrected chi connectivity index (χ2v) is 8.45. The van der Waals surface area contributed by atoms with Gasteiger partial charge in [-0.2, -0.15) is 0 Å². The van der Waals surface area contributed by atoms with Gasteiger partial charge in [-0.3, -0.25) is 14.6 Å². The van der Waals surface area contributed by atoms with Crippen LogP contribution < -0.4 is 5.32 Å². The number of hydrogen-bond acceptors (Lipinski definition) is 5. The lowest BCUT2D eigenvalue weighted by Gasteiger charge is -2.23. The first-order chi connectivity index (χ1) is 12.4. The largest absolute Gasteiger partial charge is 0.336 e. The Morgan fingerprint density at radius 3 is 2.58 bits per heavy atom. The van der Waals surface area contributed by atoms with Crippen LogP contribution in [0.2, 0.25) is 0 Å². The number of amides is 2. The molecule has 0 bridgehead atoms. The quantitative estimate of drug-likeness (QED) is 0.878. The molecule has 0 aliphatic carbocycles. The summed E-state index contributed by atoms with van der Waals surface area (Å²) in [5.41, 5.74) is 1.06. The number of aromatic nitrogens is 1. The monoisotopic (exact) mass is 373 g/mol. The summed E-state index contributed by atoms with van der Waals surface area (Å²) in [6.07, 6.45) is 1.81. The number of sulfone groups is 1. The van der Waals surface area contributed by atoms with Crippen LogP contribution >= 0.6 is 0 Å². The van der Waals surface area contributed by atoms with E-state index >= 15 is 0 Å². The lowest BCUT2D eigenvalue weighted by atomic mass is 10.1. The molecule has 0 radical (unpaired) electrons. The van der Waals surface area contributed by atoms with Gasteiger partial charge in [0.1, 0.15) is 5.69 Å². The zero-order chi connectivity index (χ0) is 18.7. The first-order valence-corrected chi connectivity index (χ1v) is 9.98. The molecule has 1 aliphatic heterocycles. The molecule has 1 fully saturated rings. The number of anilines is 1. The fourth-order valence-electron chi connectivity index (χ4n) is 2.84. The number of rotatable bonds is 4. The van der Waals surface area contributed by atoms with Crippen molar-refractivity contribution in [2.45, 2.75) is 12.5 Å². The molecule has 2 heterocycles. The summed E-state index contributed by atoms with van der Waals surface area (Å²) < 4.78 is 23.2. The smallest absolute Gasteiger partial charge is 0.272 e. The SMILES string of the molecule is CN(C(=O)c1cc(C(=O)Nc2ccccc2)ccn1)C1CCS(=O)(=O)C1. The molecule has 8 heteroatoms. The molecule has 1 aromatic carbocycles. The number of carbonyl (C=O) groups excluding carboxylic acids is 2. The van der Waals surface area contributed by atoms with Gasteiger partial charge in [-0.05, 0) is 30.7 Å². The summed E-state index contributed by atoms with van der Waals surface area (Å²) in [4.78, 5) is 30.4. The molecule has 1 N–H and O–H groups in total. The average Bonchev–Trinajstić information content (AvgIpc) is 3.01. The fourth-order valence-corrected chi connectivity index (χ4v) is 4.62. The van der Waals surface area contributed by atoms with E-state index in [1.807, 2.05) is 18.2 Å². The van der Waals surface area contributed by atoms with Crippen molar-refractivity contribution >= 4 is 27.3 Å². The van der Waals surface area contributed by atoms with E-state index in [0.29, 0.717) is 17.7 Å². The van der Waals surface area contributed by atoms with Crippen molar-refractivity contribution in [1.82, 2.24) is 9.88 Å². The van der Waals surface area contributed by atoms with Crippen molar-refractivity contribution < 1.29 is 18.0 Å². The summed E-state index contributed by atoms with van der Waals surface area (Å²) in [5, 5.41) is 2.75. The number of nitrogens with one attached hydrogen (secondary N) is 1. The van der Waals surface area contributed by atoms with Crippen LogP contribution in [0.15, 0.2) is 48.7 Å². The predicted molar refractivity (Wildman–Crippen MR) is 97.8 cm³/mol. The molecule has 136 valence electrons. The Labute approximate surface area is 152 Å². The van der Waals surface area contributed by atoms with Gasteiger partial charge in [-0.15, -0.1) is 0 Å². The van der Waals surface area contributed by atoms with E-state index in [9.17, 15) is 18.0 Å². The zero-order valence-electron chi connectivity index (χ0n) is 14.3. The summed E-state index contributed by atoms with van der Waals surface area (Å²) >= 11 is 0. The zero-order valence-corrected chi connectivity index (χ0v) is 15.1.